The Bertz CT molecular complexity index is 451. The van der Waals surface area contributed by atoms with Gasteiger partial charge in [-0.15, -0.1) is 0 Å². The highest BCUT2D eigenvalue weighted by atomic mass is 32.1. The lowest BCUT2D eigenvalue weighted by Crippen LogP contribution is -2.18. The monoisotopic (exact) mass is 271 g/mol. The Kier molecular flexibility index (Phi) is 5.26. The first kappa shape index (κ1) is 14.6. The van der Waals surface area contributed by atoms with E-state index in [-0.39, 0.29) is 23.2 Å². The van der Waals surface area contributed by atoms with Crippen molar-refractivity contribution < 1.29 is 19.9 Å². The summed E-state index contributed by atoms with van der Waals surface area (Å²) >= 11 is 3.93. The van der Waals surface area contributed by atoms with Gasteiger partial charge in [-0.05, 0) is 23.8 Å². The summed E-state index contributed by atoms with van der Waals surface area (Å²) < 4.78 is 0. The van der Waals surface area contributed by atoms with Gasteiger partial charge in [-0.25, -0.2) is 0 Å². The van der Waals surface area contributed by atoms with Gasteiger partial charge in [-0.3, -0.25) is 14.9 Å². The number of nitrogens with zero attached hydrogens (tertiary/aromatic N) is 1. The van der Waals surface area contributed by atoms with Crippen LogP contribution in [-0.4, -0.2) is 33.3 Å². The third-order valence-corrected chi connectivity index (χ3v) is 2.77. The highest BCUT2D eigenvalue weighted by Crippen LogP contribution is 2.25. The number of carbonyl (C=O) groups is 1. The molecule has 18 heavy (non-hydrogen) atoms. The van der Waals surface area contributed by atoms with Gasteiger partial charge in [0.1, 0.15) is 6.10 Å². The summed E-state index contributed by atoms with van der Waals surface area (Å²) in [5, 5.41) is 30.1. The number of nitro groups is 1. The van der Waals surface area contributed by atoms with E-state index in [4.69, 9.17) is 0 Å². The third kappa shape index (κ3) is 3.28. The summed E-state index contributed by atoms with van der Waals surface area (Å²) in [6.07, 6.45) is -1.66. The second-order valence-electron chi connectivity index (χ2n) is 3.72. The largest absolute Gasteiger partial charge is 0.390 e. The Morgan fingerprint density at radius 3 is 2.61 bits per heavy atom. The molecule has 0 fully saturated rings. The summed E-state index contributed by atoms with van der Waals surface area (Å²) in [5.74, 6) is 0.382. The first-order chi connectivity index (χ1) is 8.51. The zero-order valence-electron chi connectivity index (χ0n) is 9.39. The average Bonchev–Trinajstić information content (AvgIpc) is 2.37. The predicted octanol–water partition coefficient (Wildman–Crippen LogP) is 1.12. The van der Waals surface area contributed by atoms with Crippen LogP contribution in [0.4, 0.5) is 5.69 Å². The van der Waals surface area contributed by atoms with Gasteiger partial charge in [-0.2, -0.15) is 12.6 Å². The normalized spacial score (nSPS) is 13.9. The van der Waals surface area contributed by atoms with E-state index in [1.807, 2.05) is 0 Å². The van der Waals surface area contributed by atoms with Crippen LogP contribution < -0.4 is 0 Å². The molecule has 0 saturated carbocycles. The van der Waals surface area contributed by atoms with Crippen molar-refractivity contribution in [2.45, 2.75) is 18.6 Å². The lowest BCUT2D eigenvalue weighted by atomic mass is 10.0. The first-order valence-electron chi connectivity index (χ1n) is 5.21. The van der Waals surface area contributed by atoms with Gasteiger partial charge in [0.15, 0.2) is 6.29 Å². The Morgan fingerprint density at radius 2 is 2.11 bits per heavy atom. The number of hydrogen-bond acceptors (Lipinski definition) is 6. The molecule has 0 saturated heterocycles. The van der Waals surface area contributed by atoms with Crippen LogP contribution in [0.15, 0.2) is 18.2 Å². The van der Waals surface area contributed by atoms with Crippen LogP contribution in [-0.2, 0) is 0 Å². The standard InChI is InChI=1S/C11H13NO5S/c13-6-8-2-1-7(5-9(8)12(16)17)11(15)10(14)3-4-18/h1-2,5-6,10-11,14-15,18H,3-4H2. The molecule has 0 heterocycles. The van der Waals surface area contributed by atoms with Gasteiger partial charge >= 0.3 is 0 Å². The Morgan fingerprint density at radius 1 is 1.44 bits per heavy atom. The molecular weight excluding hydrogens is 258 g/mol. The fourth-order valence-electron chi connectivity index (χ4n) is 1.51. The third-order valence-electron chi connectivity index (χ3n) is 2.51. The minimum atomic E-state index is -1.24. The Balaban J connectivity index is 3.07. The molecule has 2 unspecified atom stereocenters. The molecule has 1 rings (SSSR count). The molecule has 1 aromatic carbocycles. The summed E-state index contributed by atoms with van der Waals surface area (Å²) in [7, 11) is 0. The van der Waals surface area contributed by atoms with Crippen molar-refractivity contribution in [3.63, 3.8) is 0 Å². The molecule has 2 N–H and O–H groups in total. The van der Waals surface area contributed by atoms with E-state index in [2.05, 4.69) is 12.6 Å². The van der Waals surface area contributed by atoms with Crippen molar-refractivity contribution in [2.24, 2.45) is 0 Å². The number of thiol groups is 1. The van der Waals surface area contributed by atoms with Crippen molar-refractivity contribution in [3.05, 3.63) is 39.4 Å². The Hall–Kier alpha value is -1.44. The number of aldehydes is 1. The molecule has 0 aromatic heterocycles. The second kappa shape index (κ2) is 6.48. The zero-order valence-corrected chi connectivity index (χ0v) is 10.3. The fourth-order valence-corrected chi connectivity index (χ4v) is 1.78. The van der Waals surface area contributed by atoms with Crippen LogP contribution in [0, 0.1) is 10.1 Å². The van der Waals surface area contributed by atoms with Gasteiger partial charge in [0.05, 0.1) is 16.6 Å². The second-order valence-corrected chi connectivity index (χ2v) is 4.16. The number of aliphatic hydroxyl groups is 2. The number of rotatable bonds is 6. The number of aliphatic hydroxyl groups excluding tert-OH is 2. The van der Waals surface area contributed by atoms with E-state index in [0.717, 1.165) is 6.07 Å². The molecule has 0 spiro atoms. The summed E-state index contributed by atoms with van der Waals surface area (Å²) in [6.45, 7) is 0. The molecule has 0 aliphatic rings. The zero-order chi connectivity index (χ0) is 13.7. The maximum absolute atomic E-state index is 10.7. The van der Waals surface area contributed by atoms with Crippen LogP contribution in [0.2, 0.25) is 0 Å². The van der Waals surface area contributed by atoms with Crippen molar-refractivity contribution in [1.82, 2.24) is 0 Å². The van der Waals surface area contributed by atoms with Crippen LogP contribution in [0.3, 0.4) is 0 Å². The van der Waals surface area contributed by atoms with Gasteiger partial charge < -0.3 is 10.2 Å². The smallest absolute Gasteiger partial charge is 0.280 e. The fraction of sp³-hybridized carbons (Fsp3) is 0.364. The molecule has 7 heteroatoms. The molecule has 0 radical (unpaired) electrons. The van der Waals surface area contributed by atoms with Crippen LogP contribution >= 0.6 is 12.6 Å². The van der Waals surface area contributed by atoms with Crippen LogP contribution in [0.5, 0.6) is 0 Å². The summed E-state index contributed by atoms with van der Waals surface area (Å²) in [4.78, 5) is 20.7. The molecule has 0 amide bonds. The van der Waals surface area contributed by atoms with E-state index >= 15 is 0 Å². The lowest BCUT2D eigenvalue weighted by molar-refractivity contribution is -0.385. The summed E-state index contributed by atoms with van der Waals surface area (Å²) in [6, 6.07) is 3.72. The van der Waals surface area contributed by atoms with Gasteiger partial charge in [0, 0.05) is 6.07 Å². The molecular formula is C11H13NO5S. The highest BCUT2D eigenvalue weighted by molar-refractivity contribution is 7.80. The minimum absolute atomic E-state index is 0.0698. The first-order valence-corrected chi connectivity index (χ1v) is 5.85. The van der Waals surface area contributed by atoms with E-state index in [0.29, 0.717) is 12.0 Å². The molecule has 2 atom stereocenters. The van der Waals surface area contributed by atoms with Crippen LogP contribution in [0.25, 0.3) is 0 Å². The summed E-state index contributed by atoms with van der Waals surface area (Å²) in [5.41, 5.74) is -0.263. The van der Waals surface area contributed by atoms with Crippen molar-refractivity contribution in [2.75, 3.05) is 5.75 Å². The minimum Gasteiger partial charge on any atom is -0.390 e. The van der Waals surface area contributed by atoms with Crippen LogP contribution in [0.1, 0.15) is 28.4 Å². The number of carbonyl (C=O) groups excluding carboxylic acids is 1. The molecule has 0 aliphatic carbocycles. The lowest BCUT2D eigenvalue weighted by Gasteiger charge is -2.17. The van der Waals surface area contributed by atoms with Crippen molar-refractivity contribution >= 4 is 24.6 Å². The Labute approximate surface area is 109 Å². The molecule has 6 nitrogen and oxygen atoms in total. The maximum atomic E-state index is 10.7. The molecule has 0 bridgehead atoms. The van der Waals surface area contributed by atoms with E-state index in [9.17, 15) is 25.1 Å². The van der Waals surface area contributed by atoms with E-state index in [1.165, 1.54) is 12.1 Å². The number of nitro benzene ring substituents is 1. The average molecular weight is 271 g/mol. The van der Waals surface area contributed by atoms with Crippen molar-refractivity contribution in [1.29, 1.82) is 0 Å². The van der Waals surface area contributed by atoms with Gasteiger partial charge in [0.2, 0.25) is 0 Å². The van der Waals surface area contributed by atoms with Gasteiger partial charge in [-0.1, -0.05) is 6.07 Å². The maximum Gasteiger partial charge on any atom is 0.280 e. The van der Waals surface area contributed by atoms with Gasteiger partial charge in [0.25, 0.3) is 5.69 Å². The number of benzene rings is 1. The SMILES string of the molecule is O=Cc1ccc(C(O)C(O)CCS)cc1[N+](=O)[O-]. The topological polar surface area (TPSA) is 101 Å². The van der Waals surface area contributed by atoms with Crippen molar-refractivity contribution in [3.8, 4) is 0 Å². The quantitative estimate of drug-likeness (QED) is 0.311. The highest BCUT2D eigenvalue weighted by Gasteiger charge is 2.21. The van der Waals surface area contributed by atoms with E-state index < -0.39 is 17.1 Å². The number of hydrogen-bond donors (Lipinski definition) is 3. The molecule has 1 aromatic rings. The molecule has 98 valence electrons. The van der Waals surface area contributed by atoms with E-state index in [1.54, 1.807) is 0 Å². The molecule has 0 aliphatic heterocycles. The predicted molar refractivity (Wildman–Crippen MR) is 67.9 cm³/mol.